The fraction of sp³-hybridized carbons (Fsp3) is 0.476. The molecule has 0 atom stereocenters. The smallest absolute Gasteiger partial charge is 0.410 e. The maximum Gasteiger partial charge on any atom is 0.410 e. The Morgan fingerprint density at radius 3 is 2.47 bits per heavy atom. The molecule has 1 saturated heterocycles. The number of nitrogens with zero attached hydrogens (tertiary/aromatic N) is 3. The van der Waals surface area contributed by atoms with Crippen molar-refractivity contribution in [3.63, 3.8) is 0 Å². The predicted molar refractivity (Wildman–Crippen MR) is 109 cm³/mol. The first-order valence-electron chi connectivity index (χ1n) is 10.3. The van der Waals surface area contributed by atoms with E-state index in [1.165, 1.54) is 12.1 Å². The van der Waals surface area contributed by atoms with Gasteiger partial charge in [-0.3, -0.25) is 9.48 Å². The fourth-order valence-electron chi connectivity index (χ4n) is 3.73. The van der Waals surface area contributed by atoms with E-state index in [1.807, 2.05) is 0 Å². The van der Waals surface area contributed by atoms with Gasteiger partial charge >= 0.3 is 6.09 Å². The normalized spacial score (nSPS) is 17.4. The van der Waals surface area contributed by atoms with Crippen LogP contribution in [0.3, 0.4) is 0 Å². The number of aromatic nitrogens is 2. The molecule has 0 bridgehead atoms. The van der Waals surface area contributed by atoms with Gasteiger partial charge < -0.3 is 20.7 Å². The molecule has 4 rings (SSSR count). The average molecular weight is 415 g/mol. The summed E-state index contributed by atoms with van der Waals surface area (Å²) in [5, 5.41) is 7.48. The summed E-state index contributed by atoms with van der Waals surface area (Å²) in [5.41, 5.74) is 6.39. The Morgan fingerprint density at radius 2 is 1.87 bits per heavy atom. The van der Waals surface area contributed by atoms with Gasteiger partial charge in [0.2, 0.25) is 0 Å². The summed E-state index contributed by atoms with van der Waals surface area (Å²) in [6, 6.07) is 5.79. The molecule has 160 valence electrons. The molecule has 2 fully saturated rings. The number of primary amides is 1. The van der Waals surface area contributed by atoms with Gasteiger partial charge in [-0.05, 0) is 62.3 Å². The van der Waals surface area contributed by atoms with Crippen LogP contribution in [0.5, 0.6) is 0 Å². The molecule has 2 amide bonds. The second-order valence-corrected chi connectivity index (χ2v) is 7.98. The number of carbonyl (C=O) groups is 2. The summed E-state index contributed by atoms with van der Waals surface area (Å²) in [7, 11) is 0. The molecule has 9 heteroatoms. The quantitative estimate of drug-likeness (QED) is 0.754. The molecule has 2 heterocycles. The van der Waals surface area contributed by atoms with Crippen molar-refractivity contribution < 1.29 is 18.7 Å². The number of hydrogen-bond donors (Lipinski definition) is 2. The first kappa shape index (κ1) is 20.2. The molecule has 1 aromatic heterocycles. The molecule has 0 spiro atoms. The van der Waals surface area contributed by atoms with Gasteiger partial charge in [0.05, 0.1) is 0 Å². The molecule has 2 aliphatic rings. The SMILES string of the molecule is NC(=O)c1cn(CC2CCN(C(=O)OC3CCC3)CC2)nc1Nc1ccc(F)cc1. The molecule has 3 N–H and O–H groups in total. The van der Waals surface area contributed by atoms with Gasteiger partial charge in [-0.2, -0.15) is 5.10 Å². The summed E-state index contributed by atoms with van der Waals surface area (Å²) >= 11 is 0. The number of nitrogens with one attached hydrogen (secondary N) is 1. The van der Waals surface area contributed by atoms with Crippen LogP contribution in [0.15, 0.2) is 30.5 Å². The summed E-state index contributed by atoms with van der Waals surface area (Å²) in [6.45, 7) is 1.93. The number of halogens is 1. The highest BCUT2D eigenvalue weighted by atomic mass is 19.1. The number of ether oxygens (including phenoxy) is 1. The van der Waals surface area contributed by atoms with E-state index in [0.29, 0.717) is 37.1 Å². The molecule has 1 saturated carbocycles. The lowest BCUT2D eigenvalue weighted by Gasteiger charge is -2.34. The summed E-state index contributed by atoms with van der Waals surface area (Å²) < 4.78 is 20.3. The third-order valence-electron chi connectivity index (χ3n) is 5.77. The molecule has 8 nitrogen and oxygen atoms in total. The van der Waals surface area contributed by atoms with Gasteiger partial charge in [0, 0.05) is 31.5 Å². The van der Waals surface area contributed by atoms with E-state index in [9.17, 15) is 14.0 Å². The van der Waals surface area contributed by atoms with Crippen molar-refractivity contribution >= 4 is 23.5 Å². The highest BCUT2D eigenvalue weighted by Gasteiger charge is 2.28. The second-order valence-electron chi connectivity index (χ2n) is 7.98. The van der Waals surface area contributed by atoms with Gasteiger partial charge in [-0.1, -0.05) is 0 Å². The average Bonchev–Trinajstić information content (AvgIpc) is 3.09. The largest absolute Gasteiger partial charge is 0.446 e. The second kappa shape index (κ2) is 8.73. The number of carbonyl (C=O) groups excluding carboxylic acids is 2. The van der Waals surface area contributed by atoms with E-state index in [0.717, 1.165) is 32.1 Å². The number of nitrogens with two attached hydrogens (primary N) is 1. The summed E-state index contributed by atoms with van der Waals surface area (Å²) in [6.07, 6.45) is 6.27. The van der Waals surface area contributed by atoms with Gasteiger partial charge in [0.1, 0.15) is 17.5 Å². The van der Waals surface area contributed by atoms with Crippen LogP contribution in [0, 0.1) is 11.7 Å². The molecule has 0 unspecified atom stereocenters. The third kappa shape index (κ3) is 4.72. The van der Waals surface area contributed by atoms with Gasteiger partial charge in [-0.15, -0.1) is 0 Å². The number of benzene rings is 1. The first-order valence-corrected chi connectivity index (χ1v) is 10.3. The Hall–Kier alpha value is -3.10. The third-order valence-corrected chi connectivity index (χ3v) is 5.77. The molecule has 1 aromatic carbocycles. The van der Waals surface area contributed by atoms with Crippen LogP contribution >= 0.6 is 0 Å². The van der Waals surface area contributed by atoms with E-state index in [-0.39, 0.29) is 23.6 Å². The number of amides is 2. The first-order chi connectivity index (χ1) is 14.5. The van der Waals surface area contributed by atoms with Crippen molar-refractivity contribution in [3.05, 3.63) is 41.8 Å². The Labute approximate surface area is 174 Å². The van der Waals surface area contributed by atoms with E-state index in [2.05, 4.69) is 10.4 Å². The topological polar surface area (TPSA) is 102 Å². The zero-order chi connectivity index (χ0) is 21.1. The lowest BCUT2D eigenvalue weighted by Crippen LogP contribution is -2.42. The van der Waals surface area contributed by atoms with Crippen LogP contribution < -0.4 is 11.1 Å². The maximum absolute atomic E-state index is 13.1. The lowest BCUT2D eigenvalue weighted by atomic mass is 9.96. The fourth-order valence-corrected chi connectivity index (χ4v) is 3.73. The summed E-state index contributed by atoms with van der Waals surface area (Å²) in [5.74, 6) is -0.254. The zero-order valence-corrected chi connectivity index (χ0v) is 16.7. The number of hydrogen-bond acceptors (Lipinski definition) is 5. The minimum atomic E-state index is -0.584. The summed E-state index contributed by atoms with van der Waals surface area (Å²) in [4.78, 5) is 25.8. The van der Waals surface area contributed by atoms with Crippen LogP contribution in [0.25, 0.3) is 0 Å². The Kier molecular flexibility index (Phi) is 5.87. The van der Waals surface area contributed by atoms with Crippen LogP contribution in [-0.2, 0) is 11.3 Å². The van der Waals surface area contributed by atoms with Crippen molar-refractivity contribution in [2.24, 2.45) is 11.7 Å². The molecule has 1 aliphatic carbocycles. The highest BCUT2D eigenvalue weighted by Crippen LogP contribution is 2.26. The highest BCUT2D eigenvalue weighted by molar-refractivity contribution is 5.98. The minimum Gasteiger partial charge on any atom is -0.446 e. The number of rotatable bonds is 6. The maximum atomic E-state index is 13.1. The lowest BCUT2D eigenvalue weighted by molar-refractivity contribution is 0.0199. The van der Waals surface area contributed by atoms with Crippen molar-refractivity contribution in [3.8, 4) is 0 Å². The minimum absolute atomic E-state index is 0.0959. The number of anilines is 2. The van der Waals surface area contributed by atoms with E-state index >= 15 is 0 Å². The van der Waals surface area contributed by atoms with Crippen molar-refractivity contribution in [2.45, 2.75) is 44.8 Å². The molecular formula is C21H26FN5O3. The van der Waals surface area contributed by atoms with E-state index in [4.69, 9.17) is 10.5 Å². The van der Waals surface area contributed by atoms with Gasteiger partial charge in [0.15, 0.2) is 5.82 Å². The van der Waals surface area contributed by atoms with Crippen LogP contribution in [0.2, 0.25) is 0 Å². The zero-order valence-electron chi connectivity index (χ0n) is 16.7. The molecule has 30 heavy (non-hydrogen) atoms. The van der Waals surface area contributed by atoms with Crippen molar-refractivity contribution in [2.75, 3.05) is 18.4 Å². The Morgan fingerprint density at radius 1 is 1.17 bits per heavy atom. The van der Waals surface area contributed by atoms with Crippen LogP contribution in [0.4, 0.5) is 20.7 Å². The predicted octanol–water partition coefficient (Wildman–Crippen LogP) is 3.27. The molecule has 2 aromatic rings. The Bertz CT molecular complexity index is 902. The van der Waals surface area contributed by atoms with E-state index < -0.39 is 5.91 Å². The molecule has 1 aliphatic heterocycles. The van der Waals surface area contributed by atoms with Crippen molar-refractivity contribution in [1.82, 2.24) is 14.7 Å². The van der Waals surface area contributed by atoms with Crippen LogP contribution in [-0.4, -0.2) is 45.9 Å². The number of likely N-dealkylation sites (tertiary alicyclic amines) is 1. The van der Waals surface area contributed by atoms with Crippen molar-refractivity contribution in [1.29, 1.82) is 0 Å². The van der Waals surface area contributed by atoms with Gasteiger partial charge in [0.25, 0.3) is 5.91 Å². The van der Waals surface area contributed by atoms with E-state index in [1.54, 1.807) is 27.9 Å². The molecule has 0 radical (unpaired) electrons. The van der Waals surface area contributed by atoms with Crippen LogP contribution in [0.1, 0.15) is 42.5 Å². The standard InChI is InChI=1S/C21H26FN5O3/c22-15-4-6-16(7-5-15)24-20-18(19(23)28)13-27(25-20)12-14-8-10-26(11-9-14)21(29)30-17-2-1-3-17/h4-7,13-14,17H,1-3,8-12H2,(H2,23,28)(H,24,25). The molecular weight excluding hydrogens is 389 g/mol. The van der Waals surface area contributed by atoms with Gasteiger partial charge in [-0.25, -0.2) is 9.18 Å². The number of piperidine rings is 1. The Balaban J connectivity index is 1.34. The monoisotopic (exact) mass is 415 g/mol.